The lowest BCUT2D eigenvalue weighted by molar-refractivity contribution is -0.136. The van der Waals surface area contributed by atoms with E-state index in [1.54, 1.807) is 18.1 Å². The zero-order valence-corrected chi connectivity index (χ0v) is 17.9. The molecule has 1 aromatic heterocycles. The third kappa shape index (κ3) is 5.15. The molecule has 1 saturated heterocycles. The Bertz CT molecular complexity index is 1040. The van der Waals surface area contributed by atoms with Crippen LogP contribution < -0.4 is 4.74 Å². The number of morpholine rings is 1. The van der Waals surface area contributed by atoms with Crippen molar-refractivity contribution in [1.82, 2.24) is 15.0 Å². The number of benzene rings is 2. The standard InChI is InChI=1S/C24H25N3O5/c1-30-20-9-7-19(8-10-20)22-15-21(25-32-22)24(29)27(16-18-5-3-2-4-6-18)17-23(28)26-11-13-31-14-12-26/h2-10,15H,11-14,16-17H2,1H3. The van der Waals surface area contributed by atoms with Crippen molar-refractivity contribution in [2.45, 2.75) is 6.54 Å². The number of carbonyl (C=O) groups excluding carboxylic acids is 2. The van der Waals surface area contributed by atoms with E-state index in [4.69, 9.17) is 14.0 Å². The summed E-state index contributed by atoms with van der Waals surface area (Å²) in [7, 11) is 1.60. The second-order valence-corrected chi connectivity index (χ2v) is 7.44. The quantitative estimate of drug-likeness (QED) is 0.567. The lowest BCUT2D eigenvalue weighted by atomic mass is 10.1. The average Bonchev–Trinajstić information content (AvgIpc) is 3.35. The third-order valence-corrected chi connectivity index (χ3v) is 5.30. The highest BCUT2D eigenvalue weighted by molar-refractivity contribution is 5.95. The second kappa shape index (κ2) is 10.1. The van der Waals surface area contributed by atoms with Crippen LogP contribution in [0.15, 0.2) is 65.2 Å². The van der Waals surface area contributed by atoms with Crippen LogP contribution in [0, 0.1) is 0 Å². The highest BCUT2D eigenvalue weighted by Crippen LogP contribution is 2.24. The van der Waals surface area contributed by atoms with Crippen LogP contribution in [0.5, 0.6) is 5.75 Å². The van der Waals surface area contributed by atoms with Gasteiger partial charge in [-0.05, 0) is 29.8 Å². The summed E-state index contributed by atoms with van der Waals surface area (Å²) in [5.41, 5.74) is 1.85. The van der Waals surface area contributed by atoms with Gasteiger partial charge in [0.05, 0.1) is 20.3 Å². The topological polar surface area (TPSA) is 85.1 Å². The van der Waals surface area contributed by atoms with E-state index in [1.807, 2.05) is 54.6 Å². The van der Waals surface area contributed by atoms with Crippen molar-refractivity contribution >= 4 is 11.8 Å². The van der Waals surface area contributed by atoms with Gasteiger partial charge in [-0.2, -0.15) is 0 Å². The van der Waals surface area contributed by atoms with Crippen LogP contribution in [0.2, 0.25) is 0 Å². The van der Waals surface area contributed by atoms with Crippen LogP contribution in [0.4, 0.5) is 0 Å². The van der Waals surface area contributed by atoms with Crippen LogP contribution in [-0.2, 0) is 16.1 Å². The van der Waals surface area contributed by atoms with E-state index < -0.39 is 0 Å². The molecule has 0 spiro atoms. The molecule has 0 aliphatic carbocycles. The smallest absolute Gasteiger partial charge is 0.276 e. The Labute approximate surface area is 186 Å². The van der Waals surface area contributed by atoms with E-state index in [9.17, 15) is 9.59 Å². The zero-order valence-electron chi connectivity index (χ0n) is 17.9. The Balaban J connectivity index is 1.53. The van der Waals surface area contributed by atoms with Gasteiger partial charge in [-0.1, -0.05) is 35.5 Å². The summed E-state index contributed by atoms with van der Waals surface area (Å²) in [5, 5.41) is 3.98. The van der Waals surface area contributed by atoms with Gasteiger partial charge in [0.2, 0.25) is 5.91 Å². The molecule has 0 radical (unpaired) electrons. The second-order valence-electron chi connectivity index (χ2n) is 7.44. The fourth-order valence-corrected chi connectivity index (χ4v) is 3.51. The molecule has 2 heterocycles. The van der Waals surface area contributed by atoms with Crippen molar-refractivity contribution in [1.29, 1.82) is 0 Å². The number of methoxy groups -OCH3 is 1. The molecule has 4 rings (SSSR count). The minimum Gasteiger partial charge on any atom is -0.497 e. The largest absolute Gasteiger partial charge is 0.497 e. The lowest BCUT2D eigenvalue weighted by Gasteiger charge is -2.29. The van der Waals surface area contributed by atoms with Gasteiger partial charge in [0, 0.05) is 31.3 Å². The highest BCUT2D eigenvalue weighted by atomic mass is 16.5. The molecule has 8 heteroatoms. The molecule has 0 bridgehead atoms. The highest BCUT2D eigenvalue weighted by Gasteiger charge is 2.26. The molecule has 32 heavy (non-hydrogen) atoms. The van der Waals surface area contributed by atoms with Gasteiger partial charge in [0.1, 0.15) is 12.3 Å². The maximum Gasteiger partial charge on any atom is 0.276 e. The van der Waals surface area contributed by atoms with Crippen molar-refractivity contribution in [2.75, 3.05) is 40.0 Å². The number of ether oxygens (including phenoxy) is 2. The summed E-state index contributed by atoms with van der Waals surface area (Å²) >= 11 is 0. The van der Waals surface area contributed by atoms with Crippen LogP contribution in [-0.4, -0.2) is 66.7 Å². The Hall–Kier alpha value is -3.65. The van der Waals surface area contributed by atoms with E-state index in [1.165, 1.54) is 4.90 Å². The molecule has 2 aromatic carbocycles. The molecule has 1 fully saturated rings. The van der Waals surface area contributed by atoms with E-state index in [-0.39, 0.29) is 24.1 Å². The molecule has 3 aromatic rings. The summed E-state index contributed by atoms with van der Waals surface area (Å²) in [6, 6.07) is 18.4. The van der Waals surface area contributed by atoms with Crippen molar-refractivity contribution in [3.8, 4) is 17.1 Å². The molecule has 0 saturated carbocycles. The molecule has 2 amide bonds. The summed E-state index contributed by atoms with van der Waals surface area (Å²) in [5.74, 6) is 0.714. The zero-order chi connectivity index (χ0) is 22.3. The van der Waals surface area contributed by atoms with E-state index in [0.29, 0.717) is 38.6 Å². The summed E-state index contributed by atoms with van der Waals surface area (Å²) in [6.07, 6.45) is 0. The SMILES string of the molecule is COc1ccc(-c2cc(C(=O)N(CC(=O)N3CCOCC3)Cc3ccccc3)no2)cc1. The van der Waals surface area contributed by atoms with E-state index in [0.717, 1.165) is 16.9 Å². The number of rotatable bonds is 7. The number of carbonyl (C=O) groups is 2. The first-order valence-corrected chi connectivity index (χ1v) is 10.4. The summed E-state index contributed by atoms with van der Waals surface area (Å²) in [4.78, 5) is 29.4. The fraction of sp³-hybridized carbons (Fsp3) is 0.292. The van der Waals surface area contributed by atoms with Crippen molar-refractivity contribution in [3.05, 3.63) is 71.9 Å². The van der Waals surface area contributed by atoms with Gasteiger partial charge in [-0.25, -0.2) is 0 Å². The van der Waals surface area contributed by atoms with Crippen LogP contribution in [0.3, 0.4) is 0 Å². The van der Waals surface area contributed by atoms with Gasteiger partial charge in [0.25, 0.3) is 5.91 Å². The molecular formula is C24H25N3O5. The molecule has 1 aliphatic rings. The number of nitrogens with zero attached hydrogens (tertiary/aromatic N) is 3. The van der Waals surface area contributed by atoms with Gasteiger partial charge in [0.15, 0.2) is 11.5 Å². The van der Waals surface area contributed by atoms with Gasteiger partial charge < -0.3 is 23.8 Å². The number of aromatic nitrogens is 1. The third-order valence-electron chi connectivity index (χ3n) is 5.30. The monoisotopic (exact) mass is 435 g/mol. The van der Waals surface area contributed by atoms with Gasteiger partial charge in [-0.15, -0.1) is 0 Å². The minimum atomic E-state index is -0.362. The maximum atomic E-state index is 13.3. The Morgan fingerprint density at radius 2 is 1.78 bits per heavy atom. The summed E-state index contributed by atoms with van der Waals surface area (Å²) in [6.45, 7) is 2.31. The van der Waals surface area contributed by atoms with Crippen molar-refractivity contribution in [2.24, 2.45) is 0 Å². The Kier molecular flexibility index (Phi) is 6.81. The fourth-order valence-electron chi connectivity index (χ4n) is 3.51. The van der Waals surface area contributed by atoms with Gasteiger partial charge in [-0.3, -0.25) is 9.59 Å². The van der Waals surface area contributed by atoms with E-state index >= 15 is 0 Å². The normalized spacial score (nSPS) is 13.6. The number of hydrogen-bond donors (Lipinski definition) is 0. The molecule has 1 aliphatic heterocycles. The average molecular weight is 435 g/mol. The number of hydrogen-bond acceptors (Lipinski definition) is 6. The van der Waals surface area contributed by atoms with Crippen molar-refractivity contribution in [3.63, 3.8) is 0 Å². The lowest BCUT2D eigenvalue weighted by Crippen LogP contribution is -2.47. The Morgan fingerprint density at radius 1 is 1.06 bits per heavy atom. The van der Waals surface area contributed by atoms with E-state index in [2.05, 4.69) is 5.16 Å². The maximum absolute atomic E-state index is 13.3. The predicted molar refractivity (Wildman–Crippen MR) is 117 cm³/mol. The molecule has 166 valence electrons. The van der Waals surface area contributed by atoms with Crippen LogP contribution in [0.25, 0.3) is 11.3 Å². The Morgan fingerprint density at radius 3 is 2.47 bits per heavy atom. The molecule has 0 atom stereocenters. The first-order valence-electron chi connectivity index (χ1n) is 10.4. The van der Waals surface area contributed by atoms with Crippen LogP contribution >= 0.6 is 0 Å². The number of amides is 2. The molecule has 8 nitrogen and oxygen atoms in total. The van der Waals surface area contributed by atoms with Crippen LogP contribution in [0.1, 0.15) is 16.1 Å². The summed E-state index contributed by atoms with van der Waals surface area (Å²) < 4.78 is 15.9. The van der Waals surface area contributed by atoms with Crippen molar-refractivity contribution < 1.29 is 23.6 Å². The molecule has 0 N–H and O–H groups in total. The van der Waals surface area contributed by atoms with Gasteiger partial charge >= 0.3 is 0 Å². The minimum absolute atomic E-state index is 0.0432. The molecular weight excluding hydrogens is 410 g/mol. The first kappa shape index (κ1) is 21.6. The molecule has 0 unspecified atom stereocenters. The first-order chi connectivity index (χ1) is 15.6. The predicted octanol–water partition coefficient (Wildman–Crippen LogP) is 2.85.